The Hall–Kier alpha value is -1.90. The van der Waals surface area contributed by atoms with E-state index in [9.17, 15) is 22.8 Å². The van der Waals surface area contributed by atoms with E-state index >= 15 is 0 Å². The predicted molar refractivity (Wildman–Crippen MR) is 95.9 cm³/mol. The molecule has 2 aromatic rings. The van der Waals surface area contributed by atoms with Crippen molar-refractivity contribution in [1.82, 2.24) is 14.5 Å². The Kier molecular flexibility index (Phi) is 4.52. The van der Waals surface area contributed by atoms with Crippen LogP contribution in [0.3, 0.4) is 0 Å². The van der Waals surface area contributed by atoms with Crippen molar-refractivity contribution in [3.05, 3.63) is 27.1 Å². The van der Waals surface area contributed by atoms with Crippen LogP contribution < -0.4 is 5.56 Å². The molecule has 0 unspecified atom stereocenters. The summed E-state index contributed by atoms with van der Waals surface area (Å²) in [6, 6.07) is -0.489. The molecule has 2 aliphatic rings. The van der Waals surface area contributed by atoms with Crippen molar-refractivity contribution < 1.29 is 18.0 Å². The zero-order valence-electron chi connectivity index (χ0n) is 14.9. The van der Waals surface area contributed by atoms with Gasteiger partial charge in [-0.05, 0) is 50.5 Å². The van der Waals surface area contributed by atoms with Crippen LogP contribution in [0.15, 0.2) is 11.1 Å². The molecule has 0 bridgehead atoms. The molecular formula is C18H20F3N3O2S. The number of aromatic nitrogens is 2. The highest BCUT2D eigenvalue weighted by molar-refractivity contribution is 7.18. The number of thiophene rings is 1. The average Bonchev–Trinajstić information content (AvgIpc) is 3.23. The number of hydrogen-bond donors (Lipinski definition) is 0. The summed E-state index contributed by atoms with van der Waals surface area (Å²) in [6.07, 6.45) is 1.19. The molecule has 27 heavy (non-hydrogen) atoms. The second-order valence-electron chi connectivity index (χ2n) is 7.43. The Bertz CT molecular complexity index is 946. The summed E-state index contributed by atoms with van der Waals surface area (Å²) >= 11 is 1.49. The second kappa shape index (κ2) is 6.61. The van der Waals surface area contributed by atoms with Gasteiger partial charge in [0.2, 0.25) is 5.91 Å². The van der Waals surface area contributed by atoms with Gasteiger partial charge in [0, 0.05) is 10.9 Å². The van der Waals surface area contributed by atoms with Crippen LogP contribution in [-0.4, -0.2) is 39.1 Å². The lowest BCUT2D eigenvalue weighted by atomic mass is 10.1. The van der Waals surface area contributed by atoms with Crippen molar-refractivity contribution in [2.45, 2.75) is 57.8 Å². The van der Waals surface area contributed by atoms with Crippen LogP contribution in [0.1, 0.15) is 36.6 Å². The van der Waals surface area contributed by atoms with E-state index in [1.165, 1.54) is 17.7 Å². The SMILES string of the molecule is C[C@@H](C1CC1)N(CC(F)(F)F)C(=O)Cn1cnc2sc3c(c2c1=O)CCC3. The molecule has 0 aromatic carbocycles. The van der Waals surface area contributed by atoms with Crippen molar-refractivity contribution in [3.63, 3.8) is 0 Å². The number of amides is 1. The number of carbonyl (C=O) groups is 1. The number of carbonyl (C=O) groups excluding carboxylic acids is 1. The highest BCUT2D eigenvalue weighted by Crippen LogP contribution is 2.36. The van der Waals surface area contributed by atoms with Crippen LogP contribution in [0.4, 0.5) is 13.2 Å². The number of halogens is 3. The van der Waals surface area contributed by atoms with E-state index in [1.54, 1.807) is 6.92 Å². The molecule has 0 aliphatic heterocycles. The molecular weight excluding hydrogens is 379 g/mol. The van der Waals surface area contributed by atoms with E-state index in [0.29, 0.717) is 10.2 Å². The first-order chi connectivity index (χ1) is 12.7. The zero-order chi connectivity index (χ0) is 19.3. The average molecular weight is 399 g/mol. The van der Waals surface area contributed by atoms with E-state index in [4.69, 9.17) is 0 Å². The number of rotatable bonds is 5. The summed E-state index contributed by atoms with van der Waals surface area (Å²) in [5, 5.41) is 0.528. The Balaban J connectivity index is 1.62. The smallest absolute Gasteiger partial charge is 0.329 e. The molecule has 5 nitrogen and oxygen atoms in total. The third-order valence-corrected chi connectivity index (χ3v) is 6.66. The first kappa shape index (κ1) is 18.5. The van der Waals surface area contributed by atoms with Gasteiger partial charge in [0.05, 0.1) is 11.7 Å². The van der Waals surface area contributed by atoms with Gasteiger partial charge in [0.15, 0.2) is 0 Å². The van der Waals surface area contributed by atoms with Crippen LogP contribution in [0.25, 0.3) is 10.2 Å². The van der Waals surface area contributed by atoms with Gasteiger partial charge in [0.1, 0.15) is 17.9 Å². The maximum absolute atomic E-state index is 13.0. The van der Waals surface area contributed by atoms with Crippen LogP contribution in [0.5, 0.6) is 0 Å². The van der Waals surface area contributed by atoms with E-state index in [0.717, 1.165) is 52.0 Å². The van der Waals surface area contributed by atoms with Crippen molar-refractivity contribution in [1.29, 1.82) is 0 Å². The van der Waals surface area contributed by atoms with Crippen molar-refractivity contribution in [2.75, 3.05) is 6.54 Å². The molecule has 0 N–H and O–H groups in total. The van der Waals surface area contributed by atoms with Gasteiger partial charge in [-0.3, -0.25) is 14.2 Å². The van der Waals surface area contributed by atoms with E-state index < -0.39 is 31.2 Å². The first-order valence-corrected chi connectivity index (χ1v) is 9.92. The Morgan fingerprint density at radius 3 is 2.81 bits per heavy atom. The Morgan fingerprint density at radius 1 is 1.41 bits per heavy atom. The molecule has 1 atom stereocenters. The number of nitrogens with zero attached hydrogens (tertiary/aromatic N) is 3. The summed E-state index contributed by atoms with van der Waals surface area (Å²) in [7, 11) is 0. The Morgan fingerprint density at radius 2 is 2.15 bits per heavy atom. The summed E-state index contributed by atoms with van der Waals surface area (Å²) in [6.45, 7) is -0.0570. The number of hydrogen-bond acceptors (Lipinski definition) is 4. The van der Waals surface area contributed by atoms with Gasteiger partial charge in [0.25, 0.3) is 5.56 Å². The lowest BCUT2D eigenvalue weighted by Crippen LogP contribution is -2.47. The normalized spacial score (nSPS) is 17.9. The molecule has 0 saturated heterocycles. The second-order valence-corrected chi connectivity index (χ2v) is 8.51. The molecule has 0 spiro atoms. The molecule has 1 fully saturated rings. The quantitative estimate of drug-likeness (QED) is 0.776. The largest absolute Gasteiger partial charge is 0.406 e. The standard InChI is InChI=1S/C18H20F3N3O2S/c1-10(11-5-6-11)24(8-18(19,20)21)14(25)7-23-9-22-16-15(17(23)26)12-3-2-4-13(12)27-16/h9-11H,2-8H2,1H3/t10-/m0/s1. The molecule has 4 rings (SSSR count). The first-order valence-electron chi connectivity index (χ1n) is 9.10. The lowest BCUT2D eigenvalue weighted by Gasteiger charge is -2.30. The highest BCUT2D eigenvalue weighted by Gasteiger charge is 2.40. The Labute approximate surface area is 157 Å². The third kappa shape index (κ3) is 3.61. The molecule has 2 aromatic heterocycles. The molecule has 2 heterocycles. The van der Waals surface area contributed by atoms with Crippen LogP contribution in [0, 0.1) is 5.92 Å². The summed E-state index contributed by atoms with van der Waals surface area (Å²) in [4.78, 5) is 32.4. The predicted octanol–water partition coefficient (Wildman–Crippen LogP) is 3.14. The number of alkyl halides is 3. The van der Waals surface area contributed by atoms with E-state index in [1.807, 2.05) is 0 Å². The molecule has 2 aliphatic carbocycles. The summed E-state index contributed by atoms with van der Waals surface area (Å²) < 4.78 is 40.1. The molecule has 146 valence electrons. The van der Waals surface area contributed by atoms with Gasteiger partial charge >= 0.3 is 6.18 Å². The van der Waals surface area contributed by atoms with Crippen LogP contribution >= 0.6 is 11.3 Å². The summed E-state index contributed by atoms with van der Waals surface area (Å²) in [5.74, 6) is -0.587. The molecule has 0 radical (unpaired) electrons. The summed E-state index contributed by atoms with van der Waals surface area (Å²) in [5.41, 5.74) is 0.659. The van der Waals surface area contributed by atoms with E-state index in [2.05, 4.69) is 4.98 Å². The van der Waals surface area contributed by atoms with Crippen molar-refractivity contribution in [3.8, 4) is 0 Å². The van der Waals surface area contributed by atoms with Gasteiger partial charge in [-0.25, -0.2) is 4.98 Å². The minimum atomic E-state index is -4.47. The molecule has 1 saturated carbocycles. The maximum Gasteiger partial charge on any atom is 0.406 e. The minimum Gasteiger partial charge on any atom is -0.329 e. The monoisotopic (exact) mass is 399 g/mol. The van der Waals surface area contributed by atoms with Gasteiger partial charge in [-0.15, -0.1) is 11.3 Å². The number of fused-ring (bicyclic) bond motifs is 3. The topological polar surface area (TPSA) is 55.2 Å². The third-order valence-electron chi connectivity index (χ3n) is 5.46. The highest BCUT2D eigenvalue weighted by atomic mass is 32.1. The minimum absolute atomic E-state index is 0.105. The fourth-order valence-electron chi connectivity index (χ4n) is 3.85. The molecule has 9 heteroatoms. The van der Waals surface area contributed by atoms with Gasteiger partial charge < -0.3 is 4.90 Å². The van der Waals surface area contributed by atoms with Gasteiger partial charge in [-0.1, -0.05) is 0 Å². The van der Waals surface area contributed by atoms with Crippen molar-refractivity contribution in [2.24, 2.45) is 5.92 Å². The lowest BCUT2D eigenvalue weighted by molar-refractivity contribution is -0.166. The fraction of sp³-hybridized carbons (Fsp3) is 0.611. The van der Waals surface area contributed by atoms with Crippen molar-refractivity contribution >= 4 is 27.5 Å². The van der Waals surface area contributed by atoms with Gasteiger partial charge in [-0.2, -0.15) is 13.2 Å². The van der Waals surface area contributed by atoms with Crippen LogP contribution in [0.2, 0.25) is 0 Å². The van der Waals surface area contributed by atoms with Crippen LogP contribution in [-0.2, 0) is 24.2 Å². The zero-order valence-corrected chi connectivity index (χ0v) is 15.7. The molecule has 1 amide bonds. The maximum atomic E-state index is 13.0. The van der Waals surface area contributed by atoms with E-state index in [-0.39, 0.29) is 11.5 Å². The number of aryl methyl sites for hydroxylation is 2. The fourth-order valence-corrected chi connectivity index (χ4v) is 5.07.